The maximum Gasteiger partial charge on any atom is 0.416 e. The van der Waals surface area contributed by atoms with Gasteiger partial charge in [0.25, 0.3) is 5.91 Å². The summed E-state index contributed by atoms with van der Waals surface area (Å²) >= 11 is 0. The van der Waals surface area contributed by atoms with Crippen molar-refractivity contribution in [2.45, 2.75) is 52.4 Å². The number of hydrogen-bond donors (Lipinski definition) is 0. The summed E-state index contributed by atoms with van der Waals surface area (Å²) in [4.78, 5) is 29.2. The maximum atomic E-state index is 13.3. The molecule has 2 aromatic heterocycles. The van der Waals surface area contributed by atoms with Gasteiger partial charge in [0.1, 0.15) is 6.54 Å². The molecule has 0 bridgehead atoms. The number of halogens is 3. The highest BCUT2D eigenvalue weighted by Crippen LogP contribution is 2.29. The molecule has 0 N–H and O–H groups in total. The summed E-state index contributed by atoms with van der Waals surface area (Å²) in [6.45, 7) is 5.20. The van der Waals surface area contributed by atoms with E-state index in [1.807, 2.05) is 16.7 Å². The standard InChI is InChI=1S/C27H32F3N3O3/c1-3-5-6-14-33(25(34)20-31(4-2)26(35)24-13-9-16-36-24)19-23-12-8-15-32(23)18-21-10-7-11-22(17-21)27(28,29)30/h7-13,15-17H,3-6,14,18-20H2,1-2H3. The van der Waals surface area contributed by atoms with Gasteiger partial charge in [0, 0.05) is 31.5 Å². The Morgan fingerprint density at radius 1 is 1.00 bits per heavy atom. The van der Waals surface area contributed by atoms with E-state index in [-0.39, 0.29) is 30.7 Å². The van der Waals surface area contributed by atoms with Crippen molar-refractivity contribution in [3.05, 3.63) is 83.6 Å². The Morgan fingerprint density at radius 2 is 1.81 bits per heavy atom. The lowest BCUT2D eigenvalue weighted by molar-refractivity contribution is -0.137. The first-order chi connectivity index (χ1) is 17.2. The summed E-state index contributed by atoms with van der Waals surface area (Å²) in [6.07, 6.45) is 1.57. The van der Waals surface area contributed by atoms with Crippen LogP contribution >= 0.6 is 0 Å². The van der Waals surface area contributed by atoms with Crippen LogP contribution in [-0.2, 0) is 24.1 Å². The molecular formula is C27H32F3N3O3. The number of furan rings is 1. The largest absolute Gasteiger partial charge is 0.459 e. The van der Waals surface area contributed by atoms with Crippen LogP contribution in [0.15, 0.2) is 65.4 Å². The second kappa shape index (κ2) is 12.5. The van der Waals surface area contributed by atoms with Crippen molar-refractivity contribution in [3.63, 3.8) is 0 Å². The van der Waals surface area contributed by atoms with Gasteiger partial charge in [0.2, 0.25) is 5.91 Å². The van der Waals surface area contributed by atoms with E-state index in [0.717, 1.165) is 37.1 Å². The Kier molecular flexibility index (Phi) is 9.38. The van der Waals surface area contributed by atoms with Gasteiger partial charge in [-0.05, 0) is 55.3 Å². The Morgan fingerprint density at radius 3 is 2.47 bits per heavy atom. The first-order valence-corrected chi connectivity index (χ1v) is 12.1. The molecule has 1 aromatic carbocycles. The van der Waals surface area contributed by atoms with E-state index in [0.29, 0.717) is 25.2 Å². The third kappa shape index (κ3) is 7.26. The van der Waals surface area contributed by atoms with E-state index in [1.54, 1.807) is 36.2 Å². The lowest BCUT2D eigenvalue weighted by Gasteiger charge is -2.27. The van der Waals surface area contributed by atoms with Crippen molar-refractivity contribution in [1.29, 1.82) is 0 Å². The Labute approximate surface area is 209 Å². The number of alkyl halides is 3. The van der Waals surface area contributed by atoms with Gasteiger partial charge in [-0.3, -0.25) is 9.59 Å². The van der Waals surface area contributed by atoms with Gasteiger partial charge >= 0.3 is 6.18 Å². The van der Waals surface area contributed by atoms with Gasteiger partial charge in [0.15, 0.2) is 5.76 Å². The van der Waals surface area contributed by atoms with Crippen molar-refractivity contribution in [3.8, 4) is 0 Å². The molecule has 0 saturated carbocycles. The second-order valence-corrected chi connectivity index (χ2v) is 8.64. The molecule has 0 atom stereocenters. The molecule has 6 nitrogen and oxygen atoms in total. The van der Waals surface area contributed by atoms with Crippen molar-refractivity contribution in [1.82, 2.24) is 14.4 Å². The topological polar surface area (TPSA) is 58.7 Å². The average molecular weight is 504 g/mol. The Bertz CT molecular complexity index is 1120. The molecule has 0 fully saturated rings. The number of aromatic nitrogens is 1. The highest BCUT2D eigenvalue weighted by Gasteiger charge is 2.30. The minimum atomic E-state index is -4.41. The normalized spacial score (nSPS) is 11.5. The van der Waals surface area contributed by atoms with Gasteiger partial charge in [-0.2, -0.15) is 13.2 Å². The molecule has 0 aliphatic heterocycles. The highest BCUT2D eigenvalue weighted by atomic mass is 19.4. The molecule has 0 unspecified atom stereocenters. The van der Waals surface area contributed by atoms with Crippen LogP contribution in [0.25, 0.3) is 0 Å². The number of nitrogens with zero attached hydrogens (tertiary/aromatic N) is 3. The van der Waals surface area contributed by atoms with Crippen LogP contribution in [0.5, 0.6) is 0 Å². The van der Waals surface area contributed by atoms with Crippen molar-refractivity contribution in [2.24, 2.45) is 0 Å². The molecule has 0 radical (unpaired) electrons. The quantitative estimate of drug-likeness (QED) is 0.292. The predicted molar refractivity (Wildman–Crippen MR) is 130 cm³/mol. The molecule has 194 valence electrons. The van der Waals surface area contributed by atoms with E-state index in [4.69, 9.17) is 4.42 Å². The first-order valence-electron chi connectivity index (χ1n) is 12.1. The van der Waals surface area contributed by atoms with Crippen LogP contribution in [-0.4, -0.2) is 45.8 Å². The van der Waals surface area contributed by atoms with E-state index < -0.39 is 11.7 Å². The Balaban J connectivity index is 1.75. The number of rotatable bonds is 12. The minimum Gasteiger partial charge on any atom is -0.459 e. The van der Waals surface area contributed by atoms with Crippen LogP contribution < -0.4 is 0 Å². The first kappa shape index (κ1) is 27.1. The molecular weight excluding hydrogens is 471 g/mol. The van der Waals surface area contributed by atoms with Gasteiger partial charge in [-0.1, -0.05) is 31.9 Å². The molecule has 0 aliphatic carbocycles. The van der Waals surface area contributed by atoms with Crippen molar-refractivity contribution >= 4 is 11.8 Å². The summed E-state index contributed by atoms with van der Waals surface area (Å²) in [5, 5.41) is 0. The van der Waals surface area contributed by atoms with Crippen LogP contribution in [0.1, 0.15) is 60.5 Å². The monoisotopic (exact) mass is 503 g/mol. The zero-order valence-electron chi connectivity index (χ0n) is 20.6. The summed E-state index contributed by atoms with van der Waals surface area (Å²) < 4.78 is 46.4. The molecule has 3 aromatic rings. The van der Waals surface area contributed by atoms with Crippen LogP contribution in [0.4, 0.5) is 13.2 Å². The predicted octanol–water partition coefficient (Wildman–Crippen LogP) is 5.83. The fraction of sp³-hybridized carbons (Fsp3) is 0.407. The third-order valence-electron chi connectivity index (χ3n) is 5.99. The van der Waals surface area contributed by atoms with Crippen molar-refractivity contribution in [2.75, 3.05) is 19.6 Å². The second-order valence-electron chi connectivity index (χ2n) is 8.64. The number of carbonyl (C=O) groups excluding carboxylic acids is 2. The van der Waals surface area contributed by atoms with Crippen LogP contribution in [0.2, 0.25) is 0 Å². The van der Waals surface area contributed by atoms with Crippen LogP contribution in [0.3, 0.4) is 0 Å². The van der Waals surface area contributed by atoms with Gasteiger partial charge in [-0.15, -0.1) is 0 Å². The van der Waals surface area contributed by atoms with E-state index in [2.05, 4.69) is 6.92 Å². The zero-order valence-corrected chi connectivity index (χ0v) is 20.6. The number of likely N-dealkylation sites (N-methyl/N-ethyl adjacent to an activating group) is 1. The number of benzene rings is 1. The molecule has 0 spiro atoms. The molecule has 3 rings (SSSR count). The van der Waals surface area contributed by atoms with E-state index in [1.165, 1.54) is 17.2 Å². The fourth-order valence-corrected chi connectivity index (χ4v) is 3.98. The molecule has 2 amide bonds. The third-order valence-corrected chi connectivity index (χ3v) is 5.99. The fourth-order valence-electron chi connectivity index (χ4n) is 3.98. The molecule has 0 aliphatic rings. The minimum absolute atomic E-state index is 0.0868. The van der Waals surface area contributed by atoms with Gasteiger partial charge in [-0.25, -0.2) is 0 Å². The molecule has 36 heavy (non-hydrogen) atoms. The molecule has 0 saturated heterocycles. The number of unbranched alkanes of at least 4 members (excludes halogenated alkanes) is 2. The maximum absolute atomic E-state index is 13.3. The number of carbonyl (C=O) groups is 2. The SMILES string of the molecule is CCCCCN(Cc1cccn1Cc1cccc(C(F)(F)F)c1)C(=O)CN(CC)C(=O)c1ccco1. The van der Waals surface area contributed by atoms with Gasteiger partial charge in [0.05, 0.1) is 18.4 Å². The van der Waals surface area contributed by atoms with Gasteiger partial charge < -0.3 is 18.8 Å². The summed E-state index contributed by atoms with van der Waals surface area (Å²) in [7, 11) is 0. The van der Waals surface area contributed by atoms with Crippen LogP contribution in [0, 0.1) is 0 Å². The average Bonchev–Trinajstić information content (AvgIpc) is 3.54. The lowest BCUT2D eigenvalue weighted by atomic mass is 10.1. The van der Waals surface area contributed by atoms with Crippen molar-refractivity contribution < 1.29 is 27.2 Å². The zero-order chi connectivity index (χ0) is 26.1. The van der Waals surface area contributed by atoms with E-state index >= 15 is 0 Å². The number of amides is 2. The molecule has 2 heterocycles. The number of hydrogen-bond acceptors (Lipinski definition) is 3. The molecule has 9 heteroatoms. The Hall–Kier alpha value is -3.49. The lowest BCUT2D eigenvalue weighted by Crippen LogP contribution is -2.43. The highest BCUT2D eigenvalue weighted by molar-refractivity contribution is 5.94. The summed E-state index contributed by atoms with van der Waals surface area (Å²) in [5.74, 6) is -0.367. The smallest absolute Gasteiger partial charge is 0.416 e. The summed E-state index contributed by atoms with van der Waals surface area (Å²) in [5.41, 5.74) is 0.635. The van der Waals surface area contributed by atoms with E-state index in [9.17, 15) is 22.8 Å². The summed E-state index contributed by atoms with van der Waals surface area (Å²) in [6, 6.07) is 12.1.